The standard InChI is InChI=1S/C7H13ClO/c1-2-3-6-9-7-4-5-8/h4-5H,2-3,6-7H2,1H3/b5-4+. The Balaban J connectivity index is 2.75. The van der Waals surface area contributed by atoms with E-state index in [1.165, 1.54) is 12.0 Å². The third kappa shape index (κ3) is 7.99. The topological polar surface area (TPSA) is 9.23 Å². The van der Waals surface area contributed by atoms with E-state index in [0.29, 0.717) is 6.61 Å². The van der Waals surface area contributed by atoms with Crippen molar-refractivity contribution in [2.75, 3.05) is 13.2 Å². The highest BCUT2D eigenvalue weighted by Crippen LogP contribution is 1.88. The maximum absolute atomic E-state index is 5.25. The summed E-state index contributed by atoms with van der Waals surface area (Å²) in [7, 11) is 0. The lowest BCUT2D eigenvalue weighted by Crippen LogP contribution is -1.92. The molecule has 0 unspecified atom stereocenters. The van der Waals surface area contributed by atoms with Gasteiger partial charge in [0.2, 0.25) is 0 Å². The summed E-state index contributed by atoms with van der Waals surface area (Å²) in [5.74, 6) is 0. The van der Waals surface area contributed by atoms with Crippen LogP contribution < -0.4 is 0 Å². The van der Waals surface area contributed by atoms with Gasteiger partial charge in [0.15, 0.2) is 0 Å². The van der Waals surface area contributed by atoms with Gasteiger partial charge in [-0.1, -0.05) is 24.9 Å². The molecule has 2 heteroatoms. The van der Waals surface area contributed by atoms with E-state index in [2.05, 4.69) is 6.92 Å². The Labute approximate surface area is 61.7 Å². The zero-order valence-electron chi connectivity index (χ0n) is 5.77. The molecule has 0 rings (SSSR count). The second-order valence-electron chi connectivity index (χ2n) is 1.79. The molecule has 0 atom stereocenters. The molecule has 9 heavy (non-hydrogen) atoms. The van der Waals surface area contributed by atoms with E-state index in [1.807, 2.05) is 0 Å². The molecule has 0 aliphatic heterocycles. The first-order valence-corrected chi connectivity index (χ1v) is 3.68. The van der Waals surface area contributed by atoms with Crippen LogP contribution in [0.3, 0.4) is 0 Å². The van der Waals surface area contributed by atoms with Crippen molar-refractivity contribution in [2.45, 2.75) is 19.8 Å². The lowest BCUT2D eigenvalue weighted by molar-refractivity contribution is 0.159. The molecule has 0 aromatic carbocycles. The number of hydrogen-bond acceptors (Lipinski definition) is 1. The van der Waals surface area contributed by atoms with Crippen LogP contribution in [0.5, 0.6) is 0 Å². The van der Waals surface area contributed by atoms with Gasteiger partial charge in [0, 0.05) is 12.1 Å². The Morgan fingerprint density at radius 3 is 2.89 bits per heavy atom. The Kier molecular flexibility index (Phi) is 7.98. The fourth-order valence-electron chi connectivity index (χ4n) is 0.434. The van der Waals surface area contributed by atoms with Gasteiger partial charge in [-0.25, -0.2) is 0 Å². The van der Waals surface area contributed by atoms with E-state index in [0.717, 1.165) is 13.0 Å². The number of rotatable bonds is 5. The van der Waals surface area contributed by atoms with Gasteiger partial charge in [-0.05, 0) is 12.5 Å². The first-order chi connectivity index (χ1) is 4.41. The number of unbranched alkanes of at least 4 members (excludes halogenated alkanes) is 1. The molecule has 0 heterocycles. The zero-order chi connectivity index (χ0) is 6.95. The highest BCUT2D eigenvalue weighted by Gasteiger charge is 1.80. The van der Waals surface area contributed by atoms with Crippen LogP contribution in [0, 0.1) is 0 Å². The van der Waals surface area contributed by atoms with Crippen molar-refractivity contribution in [3.05, 3.63) is 11.6 Å². The van der Waals surface area contributed by atoms with Gasteiger partial charge < -0.3 is 4.74 Å². The molecule has 0 aromatic rings. The Morgan fingerprint density at radius 1 is 1.56 bits per heavy atom. The van der Waals surface area contributed by atoms with Gasteiger partial charge in [0.25, 0.3) is 0 Å². The summed E-state index contributed by atoms with van der Waals surface area (Å²) in [5, 5.41) is 0. The third-order valence-corrected chi connectivity index (χ3v) is 1.12. The quantitative estimate of drug-likeness (QED) is 0.545. The molecule has 0 fully saturated rings. The van der Waals surface area contributed by atoms with Crippen LogP contribution in [0.2, 0.25) is 0 Å². The van der Waals surface area contributed by atoms with E-state index in [-0.39, 0.29) is 0 Å². The largest absolute Gasteiger partial charge is 0.377 e. The Morgan fingerprint density at radius 2 is 2.33 bits per heavy atom. The molecule has 0 aromatic heterocycles. The minimum atomic E-state index is 0.642. The predicted octanol–water partition coefficient (Wildman–Crippen LogP) is 2.56. The minimum Gasteiger partial charge on any atom is -0.377 e. The normalized spacial score (nSPS) is 10.9. The molecule has 0 amide bonds. The van der Waals surface area contributed by atoms with Crippen LogP contribution in [0.25, 0.3) is 0 Å². The van der Waals surface area contributed by atoms with Crippen LogP contribution in [-0.2, 0) is 4.74 Å². The highest BCUT2D eigenvalue weighted by molar-refractivity contribution is 6.25. The van der Waals surface area contributed by atoms with Crippen molar-refractivity contribution in [3.8, 4) is 0 Å². The lowest BCUT2D eigenvalue weighted by atomic mass is 10.4. The van der Waals surface area contributed by atoms with E-state index in [9.17, 15) is 0 Å². The molecule has 0 bridgehead atoms. The molecule has 0 N–H and O–H groups in total. The monoisotopic (exact) mass is 148 g/mol. The first kappa shape index (κ1) is 8.99. The van der Waals surface area contributed by atoms with E-state index >= 15 is 0 Å². The van der Waals surface area contributed by atoms with Crippen molar-refractivity contribution < 1.29 is 4.74 Å². The number of ether oxygens (including phenoxy) is 1. The predicted molar refractivity (Wildman–Crippen MR) is 40.7 cm³/mol. The van der Waals surface area contributed by atoms with Crippen molar-refractivity contribution in [3.63, 3.8) is 0 Å². The van der Waals surface area contributed by atoms with Crippen molar-refractivity contribution in [2.24, 2.45) is 0 Å². The Hall–Kier alpha value is -0.0100. The summed E-state index contributed by atoms with van der Waals surface area (Å²) >= 11 is 5.25. The van der Waals surface area contributed by atoms with Gasteiger partial charge in [-0.3, -0.25) is 0 Å². The van der Waals surface area contributed by atoms with Crippen LogP contribution in [0.1, 0.15) is 19.8 Å². The van der Waals surface area contributed by atoms with Crippen molar-refractivity contribution >= 4 is 11.6 Å². The van der Waals surface area contributed by atoms with E-state index < -0.39 is 0 Å². The molecule has 0 aliphatic rings. The molecule has 0 aliphatic carbocycles. The average molecular weight is 149 g/mol. The third-order valence-electron chi connectivity index (χ3n) is 0.945. The summed E-state index contributed by atoms with van der Waals surface area (Å²) in [6.07, 6.45) is 4.11. The van der Waals surface area contributed by atoms with Crippen molar-refractivity contribution in [1.82, 2.24) is 0 Å². The average Bonchev–Trinajstić information content (AvgIpc) is 1.89. The van der Waals surface area contributed by atoms with Gasteiger partial charge >= 0.3 is 0 Å². The smallest absolute Gasteiger partial charge is 0.0658 e. The van der Waals surface area contributed by atoms with Crippen LogP contribution in [0.4, 0.5) is 0 Å². The first-order valence-electron chi connectivity index (χ1n) is 3.24. The summed E-state index contributed by atoms with van der Waals surface area (Å²) < 4.78 is 5.14. The molecule has 1 nitrogen and oxygen atoms in total. The summed E-state index contributed by atoms with van der Waals surface area (Å²) in [4.78, 5) is 0. The van der Waals surface area contributed by atoms with Crippen LogP contribution >= 0.6 is 11.6 Å². The van der Waals surface area contributed by atoms with Crippen LogP contribution in [-0.4, -0.2) is 13.2 Å². The number of hydrogen-bond donors (Lipinski definition) is 0. The van der Waals surface area contributed by atoms with Gasteiger partial charge in [0.1, 0.15) is 0 Å². The van der Waals surface area contributed by atoms with E-state index in [4.69, 9.17) is 16.3 Å². The minimum absolute atomic E-state index is 0.642. The molecule has 0 spiro atoms. The maximum atomic E-state index is 5.25. The maximum Gasteiger partial charge on any atom is 0.0658 e. The van der Waals surface area contributed by atoms with Gasteiger partial charge in [-0.15, -0.1) is 0 Å². The summed E-state index contributed by atoms with van der Waals surface area (Å²) in [6.45, 7) is 3.63. The van der Waals surface area contributed by atoms with Gasteiger partial charge in [-0.2, -0.15) is 0 Å². The van der Waals surface area contributed by atoms with Crippen molar-refractivity contribution in [1.29, 1.82) is 0 Å². The van der Waals surface area contributed by atoms with E-state index in [1.54, 1.807) is 6.08 Å². The summed E-state index contributed by atoms with van der Waals surface area (Å²) in [6, 6.07) is 0. The molecule has 0 saturated heterocycles. The number of halogens is 1. The summed E-state index contributed by atoms with van der Waals surface area (Å²) in [5.41, 5.74) is 1.48. The fraction of sp³-hybridized carbons (Fsp3) is 0.714. The second-order valence-corrected chi connectivity index (χ2v) is 2.04. The highest BCUT2D eigenvalue weighted by atomic mass is 35.5. The molecule has 54 valence electrons. The molecule has 0 saturated carbocycles. The lowest BCUT2D eigenvalue weighted by Gasteiger charge is -1.96. The Bertz CT molecular complexity index is 71.3. The molecule has 0 radical (unpaired) electrons. The SMILES string of the molecule is CCCCOC/C=C/Cl. The van der Waals surface area contributed by atoms with Crippen LogP contribution in [0.15, 0.2) is 11.6 Å². The zero-order valence-corrected chi connectivity index (χ0v) is 6.53. The second kappa shape index (κ2) is 7.99. The fourth-order valence-corrected chi connectivity index (χ4v) is 0.507. The molecular formula is C7H13ClO. The van der Waals surface area contributed by atoms with Gasteiger partial charge in [0.05, 0.1) is 6.61 Å². The molecular weight excluding hydrogens is 136 g/mol.